The fourth-order valence-electron chi connectivity index (χ4n) is 2.39. The number of para-hydroxylation sites is 1. The lowest BCUT2D eigenvalue weighted by Gasteiger charge is -2.20. The van der Waals surface area contributed by atoms with Crippen LogP contribution in [0.4, 0.5) is 5.69 Å². The molecule has 24 heavy (non-hydrogen) atoms. The molecule has 0 spiro atoms. The molecule has 2 rings (SSSR count). The van der Waals surface area contributed by atoms with E-state index in [0.29, 0.717) is 6.42 Å². The van der Waals surface area contributed by atoms with Gasteiger partial charge in [0, 0.05) is 4.90 Å². The topological polar surface area (TPSA) is 38.3 Å². The van der Waals surface area contributed by atoms with Gasteiger partial charge < -0.3 is 10.1 Å². The molecule has 0 aliphatic rings. The van der Waals surface area contributed by atoms with Gasteiger partial charge in [-0.2, -0.15) is 0 Å². The van der Waals surface area contributed by atoms with Gasteiger partial charge in [-0.3, -0.25) is 4.79 Å². The van der Waals surface area contributed by atoms with Crippen LogP contribution in [0, 0.1) is 13.8 Å². The van der Waals surface area contributed by atoms with Gasteiger partial charge >= 0.3 is 0 Å². The molecule has 1 atom stereocenters. The van der Waals surface area contributed by atoms with Crippen molar-refractivity contribution in [1.82, 2.24) is 0 Å². The Kier molecular flexibility index (Phi) is 6.73. The molecule has 1 N–H and O–H groups in total. The molecule has 0 aromatic heterocycles. The van der Waals surface area contributed by atoms with Crippen molar-refractivity contribution in [2.75, 3.05) is 11.1 Å². The number of amides is 1. The average Bonchev–Trinajstić information content (AvgIpc) is 2.58. The van der Waals surface area contributed by atoms with E-state index >= 15 is 0 Å². The van der Waals surface area contributed by atoms with Crippen LogP contribution in [0.25, 0.3) is 0 Å². The molecule has 0 bridgehead atoms. The number of carbonyl (C=O) groups excluding carboxylic acids is 1. The first-order chi connectivity index (χ1) is 11.6. The Morgan fingerprint density at radius 3 is 2.58 bits per heavy atom. The lowest BCUT2D eigenvalue weighted by Crippen LogP contribution is -2.32. The summed E-state index contributed by atoms with van der Waals surface area (Å²) in [5.41, 5.74) is 3.08. The van der Waals surface area contributed by atoms with E-state index in [4.69, 9.17) is 4.74 Å². The molecule has 0 heterocycles. The fraction of sp³-hybridized carbons (Fsp3) is 0.350. The van der Waals surface area contributed by atoms with Gasteiger partial charge in [-0.1, -0.05) is 38.1 Å². The maximum absolute atomic E-state index is 12.7. The molecule has 0 aliphatic heterocycles. The first kappa shape index (κ1) is 18.4. The monoisotopic (exact) mass is 343 g/mol. The van der Waals surface area contributed by atoms with Crippen LogP contribution in [0.3, 0.4) is 0 Å². The van der Waals surface area contributed by atoms with Crippen LogP contribution in [0.2, 0.25) is 0 Å². The molecule has 0 saturated carbocycles. The zero-order valence-electron chi connectivity index (χ0n) is 14.8. The quantitative estimate of drug-likeness (QED) is 0.701. The van der Waals surface area contributed by atoms with E-state index in [9.17, 15) is 4.79 Å². The smallest absolute Gasteiger partial charge is 0.265 e. The van der Waals surface area contributed by atoms with Crippen LogP contribution in [-0.2, 0) is 4.79 Å². The van der Waals surface area contributed by atoms with E-state index in [2.05, 4.69) is 12.2 Å². The van der Waals surface area contributed by atoms with Crippen LogP contribution in [0.5, 0.6) is 5.75 Å². The standard InChI is InChI=1S/C20H25NO2S/c1-5-17(23-18-12-9-10-14(3)15(18)4)20(22)21-16-11-7-8-13-19(16)24-6-2/h7-13,17H,5-6H2,1-4H3,(H,21,22). The highest BCUT2D eigenvalue weighted by molar-refractivity contribution is 7.99. The number of benzene rings is 2. The Morgan fingerprint density at radius 2 is 1.88 bits per heavy atom. The SMILES string of the molecule is CCSc1ccccc1NC(=O)C(CC)Oc1cccc(C)c1C. The number of hydrogen-bond acceptors (Lipinski definition) is 3. The molecule has 128 valence electrons. The number of ether oxygens (including phenoxy) is 1. The predicted molar refractivity (Wildman–Crippen MR) is 102 cm³/mol. The van der Waals surface area contributed by atoms with Crippen molar-refractivity contribution in [1.29, 1.82) is 0 Å². The average molecular weight is 343 g/mol. The third kappa shape index (κ3) is 4.54. The molecule has 1 unspecified atom stereocenters. The van der Waals surface area contributed by atoms with E-state index in [1.807, 2.05) is 63.2 Å². The summed E-state index contributed by atoms with van der Waals surface area (Å²) in [6.07, 6.45) is 0.104. The molecule has 2 aromatic carbocycles. The Hall–Kier alpha value is -1.94. The van der Waals surface area contributed by atoms with Crippen LogP contribution >= 0.6 is 11.8 Å². The van der Waals surface area contributed by atoms with Gasteiger partial charge in [0.25, 0.3) is 5.91 Å². The molecule has 1 amide bonds. The molecular formula is C20H25NO2S. The van der Waals surface area contributed by atoms with E-state index in [1.165, 1.54) is 0 Å². The Bertz CT molecular complexity index is 700. The van der Waals surface area contributed by atoms with Gasteiger partial charge in [-0.05, 0) is 55.3 Å². The first-order valence-electron chi connectivity index (χ1n) is 8.32. The summed E-state index contributed by atoms with van der Waals surface area (Å²) < 4.78 is 5.99. The first-order valence-corrected chi connectivity index (χ1v) is 9.30. The number of thioether (sulfide) groups is 1. The highest BCUT2D eigenvalue weighted by Gasteiger charge is 2.20. The number of anilines is 1. The minimum atomic E-state index is -0.509. The third-order valence-electron chi connectivity index (χ3n) is 3.93. The van der Waals surface area contributed by atoms with Gasteiger partial charge in [0.15, 0.2) is 6.10 Å². The van der Waals surface area contributed by atoms with Crippen molar-refractivity contribution >= 4 is 23.4 Å². The van der Waals surface area contributed by atoms with E-state index in [-0.39, 0.29) is 5.91 Å². The minimum absolute atomic E-state index is 0.109. The Morgan fingerprint density at radius 1 is 1.12 bits per heavy atom. The largest absolute Gasteiger partial charge is 0.480 e. The van der Waals surface area contributed by atoms with Crippen molar-refractivity contribution in [3.63, 3.8) is 0 Å². The second-order valence-corrected chi connectivity index (χ2v) is 6.94. The van der Waals surface area contributed by atoms with Gasteiger partial charge in [0.1, 0.15) is 5.75 Å². The second-order valence-electron chi connectivity index (χ2n) is 5.63. The number of nitrogens with one attached hydrogen (secondary N) is 1. The highest BCUT2D eigenvalue weighted by Crippen LogP contribution is 2.27. The Labute approximate surface area is 148 Å². The molecule has 0 fully saturated rings. The molecule has 0 saturated heterocycles. The summed E-state index contributed by atoms with van der Waals surface area (Å²) in [5, 5.41) is 3.02. The second kappa shape index (κ2) is 8.78. The molecule has 4 heteroatoms. The van der Waals surface area contributed by atoms with Crippen molar-refractivity contribution in [2.45, 2.75) is 45.1 Å². The fourth-order valence-corrected chi connectivity index (χ4v) is 3.15. The number of aryl methyl sites for hydroxylation is 1. The normalized spacial score (nSPS) is 11.8. The Balaban J connectivity index is 2.13. The van der Waals surface area contributed by atoms with Gasteiger partial charge in [-0.15, -0.1) is 11.8 Å². The lowest BCUT2D eigenvalue weighted by atomic mass is 10.1. The van der Waals surface area contributed by atoms with Crippen molar-refractivity contribution < 1.29 is 9.53 Å². The van der Waals surface area contributed by atoms with E-state index in [1.54, 1.807) is 11.8 Å². The summed E-state index contributed by atoms with van der Waals surface area (Å²) in [5.74, 6) is 1.62. The number of rotatable bonds is 7. The van der Waals surface area contributed by atoms with E-state index in [0.717, 1.165) is 33.2 Å². The predicted octanol–water partition coefficient (Wildman–Crippen LogP) is 5.21. The summed E-state index contributed by atoms with van der Waals surface area (Å²) in [4.78, 5) is 13.7. The lowest BCUT2D eigenvalue weighted by molar-refractivity contribution is -0.122. The number of carbonyl (C=O) groups is 1. The molecule has 3 nitrogen and oxygen atoms in total. The van der Waals surface area contributed by atoms with Gasteiger partial charge in [-0.25, -0.2) is 0 Å². The zero-order valence-corrected chi connectivity index (χ0v) is 15.6. The van der Waals surface area contributed by atoms with Crippen molar-refractivity contribution in [2.24, 2.45) is 0 Å². The summed E-state index contributed by atoms with van der Waals surface area (Å²) in [6, 6.07) is 13.8. The molecule has 0 radical (unpaired) electrons. The van der Waals surface area contributed by atoms with Gasteiger partial charge in [0.2, 0.25) is 0 Å². The summed E-state index contributed by atoms with van der Waals surface area (Å²) in [7, 11) is 0. The molecule has 0 aliphatic carbocycles. The summed E-state index contributed by atoms with van der Waals surface area (Å²) in [6.45, 7) is 8.12. The third-order valence-corrected chi connectivity index (χ3v) is 4.89. The minimum Gasteiger partial charge on any atom is -0.480 e. The van der Waals surface area contributed by atoms with Gasteiger partial charge in [0.05, 0.1) is 5.69 Å². The zero-order chi connectivity index (χ0) is 17.5. The molecule has 2 aromatic rings. The molecular weight excluding hydrogens is 318 g/mol. The van der Waals surface area contributed by atoms with Crippen molar-refractivity contribution in [3.8, 4) is 5.75 Å². The van der Waals surface area contributed by atoms with E-state index < -0.39 is 6.10 Å². The number of hydrogen-bond donors (Lipinski definition) is 1. The van der Waals surface area contributed by atoms with Crippen LogP contribution in [-0.4, -0.2) is 17.8 Å². The van der Waals surface area contributed by atoms with Crippen LogP contribution in [0.15, 0.2) is 47.4 Å². The van der Waals surface area contributed by atoms with Crippen LogP contribution < -0.4 is 10.1 Å². The summed E-state index contributed by atoms with van der Waals surface area (Å²) >= 11 is 1.72. The van der Waals surface area contributed by atoms with Crippen molar-refractivity contribution in [3.05, 3.63) is 53.6 Å². The highest BCUT2D eigenvalue weighted by atomic mass is 32.2. The maximum atomic E-state index is 12.7. The maximum Gasteiger partial charge on any atom is 0.265 e. The van der Waals surface area contributed by atoms with Crippen LogP contribution in [0.1, 0.15) is 31.4 Å².